The number of hydrogen-bond acceptors (Lipinski definition) is 6. The normalized spacial score (nSPS) is 16.1. The van der Waals surface area contributed by atoms with E-state index in [0.717, 1.165) is 18.3 Å². The molecule has 0 spiro atoms. The molecule has 0 unspecified atom stereocenters. The highest BCUT2D eigenvalue weighted by Crippen LogP contribution is 2.26. The third-order valence-corrected chi connectivity index (χ3v) is 3.28. The van der Waals surface area contributed by atoms with E-state index in [-0.39, 0.29) is 5.95 Å². The largest absolute Gasteiger partial charge is 0.368 e. The Kier molecular flexibility index (Phi) is 3.63. The van der Waals surface area contributed by atoms with Crippen LogP contribution in [0.4, 0.5) is 17.6 Å². The molecule has 0 radical (unpaired) electrons. The van der Waals surface area contributed by atoms with Crippen LogP contribution in [0.1, 0.15) is 25.7 Å². The van der Waals surface area contributed by atoms with Crippen LogP contribution >= 0.6 is 0 Å². The molecule has 1 aliphatic carbocycles. The molecule has 5 N–H and O–H groups in total. The molecule has 1 heterocycles. The number of rotatable bonds is 4. The summed E-state index contributed by atoms with van der Waals surface area (Å²) in [6.45, 7) is 1.01. The second-order valence-electron chi connectivity index (χ2n) is 4.64. The number of nitrogen functional groups attached to an aromatic ring is 2. The average Bonchev–Trinajstić information content (AvgIpc) is 2.81. The third kappa shape index (κ3) is 2.97. The van der Waals surface area contributed by atoms with Gasteiger partial charge in [-0.3, -0.25) is 0 Å². The second kappa shape index (κ2) is 5.18. The lowest BCUT2D eigenvalue weighted by molar-refractivity contribution is 0.545. The van der Waals surface area contributed by atoms with E-state index >= 15 is 0 Å². The average molecular weight is 236 g/mol. The van der Waals surface area contributed by atoms with Crippen LogP contribution in [0.3, 0.4) is 0 Å². The molecular formula is C11H20N6. The van der Waals surface area contributed by atoms with E-state index in [9.17, 15) is 0 Å². The lowest BCUT2D eigenvalue weighted by Gasteiger charge is -2.22. The zero-order valence-corrected chi connectivity index (χ0v) is 10.2. The number of nitrogens with two attached hydrogens (primary N) is 2. The minimum absolute atomic E-state index is 0.244. The maximum absolute atomic E-state index is 5.64. The number of anilines is 3. The van der Waals surface area contributed by atoms with Crippen LogP contribution in [0, 0.1) is 5.92 Å². The van der Waals surface area contributed by atoms with Gasteiger partial charge < -0.3 is 16.1 Å². The van der Waals surface area contributed by atoms with Gasteiger partial charge in [0, 0.05) is 19.7 Å². The molecule has 1 aliphatic rings. The Bertz CT molecular complexity index is 374. The summed E-state index contributed by atoms with van der Waals surface area (Å²) in [7, 11) is 2.03. The minimum atomic E-state index is 0.244. The lowest BCUT2D eigenvalue weighted by atomic mass is 10.1. The van der Waals surface area contributed by atoms with Gasteiger partial charge >= 0.3 is 0 Å². The maximum atomic E-state index is 5.64. The van der Waals surface area contributed by atoms with Crippen molar-refractivity contribution in [3.63, 3.8) is 0 Å². The van der Waals surface area contributed by atoms with Crippen LogP contribution in [0.2, 0.25) is 0 Å². The number of nitrogens with zero attached hydrogens (tertiary/aromatic N) is 3. The molecule has 1 fully saturated rings. The van der Waals surface area contributed by atoms with E-state index in [1.54, 1.807) is 0 Å². The van der Waals surface area contributed by atoms with E-state index in [4.69, 9.17) is 11.6 Å². The van der Waals surface area contributed by atoms with E-state index in [0.29, 0.717) is 5.82 Å². The van der Waals surface area contributed by atoms with E-state index in [2.05, 4.69) is 20.3 Å². The number of hydrazine groups is 1. The number of aromatic nitrogens is 2. The first-order valence-electron chi connectivity index (χ1n) is 6.01. The molecule has 1 saturated carbocycles. The fraction of sp³-hybridized carbons (Fsp3) is 0.636. The highest BCUT2D eigenvalue weighted by Gasteiger charge is 2.18. The Morgan fingerprint density at radius 2 is 2.12 bits per heavy atom. The second-order valence-corrected chi connectivity index (χ2v) is 4.64. The van der Waals surface area contributed by atoms with Gasteiger partial charge in [0.1, 0.15) is 11.6 Å². The van der Waals surface area contributed by atoms with Crippen LogP contribution in [0.25, 0.3) is 0 Å². The summed E-state index contributed by atoms with van der Waals surface area (Å²) in [5, 5.41) is 0. The predicted octanol–water partition coefficient (Wildman–Crippen LogP) is 0.971. The molecule has 17 heavy (non-hydrogen) atoms. The van der Waals surface area contributed by atoms with Crippen molar-refractivity contribution in [3.05, 3.63) is 6.07 Å². The maximum Gasteiger partial charge on any atom is 0.223 e. The Labute approximate surface area is 101 Å². The highest BCUT2D eigenvalue weighted by molar-refractivity contribution is 5.51. The summed E-state index contributed by atoms with van der Waals surface area (Å²) in [5.74, 6) is 7.71. The summed E-state index contributed by atoms with van der Waals surface area (Å²) in [6.07, 6.45) is 5.32. The van der Waals surface area contributed by atoms with Crippen molar-refractivity contribution in [2.24, 2.45) is 11.8 Å². The number of hydrogen-bond donors (Lipinski definition) is 3. The van der Waals surface area contributed by atoms with Gasteiger partial charge in [-0.05, 0) is 18.8 Å². The van der Waals surface area contributed by atoms with E-state index in [1.165, 1.54) is 25.7 Å². The first-order chi connectivity index (χ1) is 8.19. The van der Waals surface area contributed by atoms with Crippen LogP contribution in [-0.2, 0) is 0 Å². The molecule has 0 bridgehead atoms. The van der Waals surface area contributed by atoms with Crippen molar-refractivity contribution in [1.82, 2.24) is 9.97 Å². The molecule has 6 heteroatoms. The van der Waals surface area contributed by atoms with E-state index in [1.807, 2.05) is 13.1 Å². The molecule has 0 saturated heterocycles. The van der Waals surface area contributed by atoms with Crippen molar-refractivity contribution in [2.75, 3.05) is 29.7 Å². The molecule has 1 aromatic heterocycles. The molecule has 6 nitrogen and oxygen atoms in total. The monoisotopic (exact) mass is 236 g/mol. The summed E-state index contributed by atoms with van der Waals surface area (Å²) in [4.78, 5) is 10.3. The van der Waals surface area contributed by atoms with Crippen LogP contribution in [0.5, 0.6) is 0 Å². The third-order valence-electron chi connectivity index (χ3n) is 3.28. The lowest BCUT2D eigenvalue weighted by Crippen LogP contribution is -2.25. The first kappa shape index (κ1) is 11.9. The zero-order valence-electron chi connectivity index (χ0n) is 10.2. The van der Waals surface area contributed by atoms with Crippen molar-refractivity contribution in [2.45, 2.75) is 25.7 Å². The Morgan fingerprint density at radius 1 is 1.41 bits per heavy atom. The van der Waals surface area contributed by atoms with Crippen molar-refractivity contribution < 1.29 is 0 Å². The quantitative estimate of drug-likeness (QED) is 0.533. The van der Waals surface area contributed by atoms with Crippen LogP contribution in [-0.4, -0.2) is 23.6 Å². The zero-order chi connectivity index (χ0) is 12.3. The summed E-state index contributed by atoms with van der Waals surface area (Å²) >= 11 is 0. The Hall–Kier alpha value is -1.56. The number of nitrogens with one attached hydrogen (secondary N) is 1. The van der Waals surface area contributed by atoms with Crippen molar-refractivity contribution in [1.29, 1.82) is 0 Å². The summed E-state index contributed by atoms with van der Waals surface area (Å²) < 4.78 is 0. The van der Waals surface area contributed by atoms with Gasteiger partial charge in [0.25, 0.3) is 0 Å². The SMILES string of the molecule is CN(CC1CCCC1)c1cc(NN)nc(N)n1. The van der Waals surface area contributed by atoms with Gasteiger partial charge in [0.2, 0.25) is 5.95 Å². The fourth-order valence-corrected chi connectivity index (χ4v) is 2.40. The molecule has 2 rings (SSSR count). The molecule has 0 amide bonds. The van der Waals surface area contributed by atoms with Gasteiger partial charge in [0.05, 0.1) is 0 Å². The molecular weight excluding hydrogens is 216 g/mol. The summed E-state index contributed by atoms with van der Waals surface area (Å²) in [6, 6.07) is 1.81. The molecule has 0 aromatic carbocycles. The Balaban J connectivity index is 2.06. The smallest absolute Gasteiger partial charge is 0.223 e. The minimum Gasteiger partial charge on any atom is -0.368 e. The van der Waals surface area contributed by atoms with Gasteiger partial charge in [-0.1, -0.05) is 12.8 Å². The molecule has 94 valence electrons. The molecule has 1 aromatic rings. The van der Waals surface area contributed by atoms with Crippen molar-refractivity contribution >= 4 is 17.6 Å². The van der Waals surface area contributed by atoms with Crippen LogP contribution in [0.15, 0.2) is 6.07 Å². The highest BCUT2D eigenvalue weighted by atomic mass is 15.3. The standard InChI is InChI=1S/C11H20N6/c1-17(7-8-4-2-3-5-8)10-6-9(16-13)14-11(12)15-10/h6,8H,2-5,7,13H2,1H3,(H3,12,14,15,16). The van der Waals surface area contributed by atoms with E-state index < -0.39 is 0 Å². The van der Waals surface area contributed by atoms with Gasteiger partial charge in [-0.15, -0.1) is 0 Å². The van der Waals surface area contributed by atoms with Gasteiger partial charge in [-0.2, -0.15) is 9.97 Å². The first-order valence-corrected chi connectivity index (χ1v) is 6.01. The van der Waals surface area contributed by atoms with Gasteiger partial charge in [0.15, 0.2) is 0 Å². The summed E-state index contributed by atoms with van der Waals surface area (Å²) in [5.41, 5.74) is 8.14. The van der Waals surface area contributed by atoms with Crippen molar-refractivity contribution in [3.8, 4) is 0 Å². The Morgan fingerprint density at radius 3 is 2.76 bits per heavy atom. The van der Waals surface area contributed by atoms with Crippen LogP contribution < -0.4 is 21.9 Å². The molecule has 0 atom stereocenters. The topological polar surface area (TPSA) is 93.1 Å². The molecule has 0 aliphatic heterocycles. The van der Waals surface area contributed by atoms with Gasteiger partial charge in [-0.25, -0.2) is 5.84 Å². The predicted molar refractivity (Wildman–Crippen MR) is 69.5 cm³/mol. The fourth-order valence-electron chi connectivity index (χ4n) is 2.40.